The molecule has 0 aliphatic carbocycles. The summed E-state index contributed by atoms with van der Waals surface area (Å²) in [6, 6.07) is 0. The molecule has 0 aromatic rings. The van der Waals surface area contributed by atoms with Crippen LogP contribution in [-0.2, 0) is 0 Å². The third-order valence-corrected chi connectivity index (χ3v) is 1.61. The zero-order valence-electron chi connectivity index (χ0n) is 8.13. The van der Waals surface area contributed by atoms with Gasteiger partial charge < -0.3 is 0 Å². The van der Waals surface area contributed by atoms with Crippen LogP contribution in [0.2, 0.25) is 0 Å². The van der Waals surface area contributed by atoms with Crippen molar-refractivity contribution >= 4 is 0 Å². The molecule has 0 spiro atoms. The summed E-state index contributed by atoms with van der Waals surface area (Å²) in [6.45, 7) is 5.84. The van der Waals surface area contributed by atoms with Gasteiger partial charge in [-0.2, -0.15) is 0 Å². The molecule has 68 valence electrons. The van der Waals surface area contributed by atoms with Gasteiger partial charge in [-0.05, 0) is 32.1 Å². The second kappa shape index (κ2) is 10.2. The van der Waals surface area contributed by atoms with Crippen LogP contribution >= 0.6 is 0 Å². The van der Waals surface area contributed by atoms with E-state index in [0.29, 0.717) is 0 Å². The first kappa shape index (κ1) is 11.2. The van der Waals surface area contributed by atoms with Crippen LogP contribution in [0.1, 0.15) is 39.0 Å². The highest BCUT2D eigenvalue weighted by Crippen LogP contribution is 1.97. The number of rotatable bonds is 7. The molecule has 0 amide bonds. The summed E-state index contributed by atoms with van der Waals surface area (Å²) in [5.41, 5.74) is 0. The molecule has 0 heteroatoms. The van der Waals surface area contributed by atoms with E-state index in [4.69, 9.17) is 0 Å². The lowest BCUT2D eigenvalue weighted by Gasteiger charge is -1.87. The summed E-state index contributed by atoms with van der Waals surface area (Å²) in [7, 11) is 0. The van der Waals surface area contributed by atoms with E-state index in [1.165, 1.54) is 12.8 Å². The summed E-state index contributed by atoms with van der Waals surface area (Å²) in [6.07, 6.45) is 16.7. The topological polar surface area (TPSA) is 0 Å². The van der Waals surface area contributed by atoms with Crippen molar-refractivity contribution in [3.63, 3.8) is 0 Å². The van der Waals surface area contributed by atoms with E-state index in [0.717, 1.165) is 19.3 Å². The first-order valence-corrected chi connectivity index (χ1v) is 4.82. The maximum Gasteiger partial charge on any atom is -0.0316 e. The van der Waals surface area contributed by atoms with Gasteiger partial charge >= 0.3 is 0 Å². The lowest BCUT2D eigenvalue weighted by Crippen LogP contribution is -1.66. The fraction of sp³-hybridized carbons (Fsp3) is 0.500. The van der Waals surface area contributed by atoms with Crippen LogP contribution in [0.25, 0.3) is 0 Å². The molecule has 0 aromatic heterocycles. The molecule has 0 bridgehead atoms. The third-order valence-electron chi connectivity index (χ3n) is 1.61. The Labute approximate surface area is 76.7 Å². The van der Waals surface area contributed by atoms with Crippen molar-refractivity contribution < 1.29 is 0 Å². The molecule has 0 rings (SSSR count). The SMILES string of the molecule is C=CCC/C=C\CC/C=C/CC. The van der Waals surface area contributed by atoms with Crippen molar-refractivity contribution in [1.29, 1.82) is 0 Å². The average molecular weight is 164 g/mol. The van der Waals surface area contributed by atoms with Gasteiger partial charge in [0.2, 0.25) is 0 Å². The van der Waals surface area contributed by atoms with Gasteiger partial charge in [-0.1, -0.05) is 37.3 Å². The number of hydrogen-bond acceptors (Lipinski definition) is 0. The normalized spacial score (nSPS) is 11.4. The largest absolute Gasteiger partial charge is 0.103 e. The van der Waals surface area contributed by atoms with Crippen LogP contribution in [-0.4, -0.2) is 0 Å². The van der Waals surface area contributed by atoms with Gasteiger partial charge in [0.25, 0.3) is 0 Å². The van der Waals surface area contributed by atoms with E-state index in [2.05, 4.69) is 37.8 Å². The molecule has 0 atom stereocenters. The molecule has 12 heavy (non-hydrogen) atoms. The molecule has 0 radical (unpaired) electrons. The molecule has 0 fully saturated rings. The molecule has 0 unspecified atom stereocenters. The standard InChI is InChI=1S/C12H20/c1-3-5-7-9-11-12-10-8-6-4-2/h3,6,8-9,11H,1,4-5,7,10,12H2,2H3/b8-6+,11-9-. The molecule has 0 heterocycles. The Hall–Kier alpha value is -0.780. The first-order valence-electron chi connectivity index (χ1n) is 4.82. The second-order valence-electron chi connectivity index (χ2n) is 2.79. The van der Waals surface area contributed by atoms with Gasteiger partial charge in [-0.3, -0.25) is 0 Å². The van der Waals surface area contributed by atoms with Crippen LogP contribution in [0, 0.1) is 0 Å². The number of unbranched alkanes of at least 4 members (excludes halogenated alkanes) is 2. The van der Waals surface area contributed by atoms with Crippen molar-refractivity contribution in [3.8, 4) is 0 Å². The Kier molecular flexibility index (Phi) is 9.56. The minimum absolute atomic E-state index is 1.10. The van der Waals surface area contributed by atoms with Crippen molar-refractivity contribution in [3.05, 3.63) is 37.0 Å². The fourth-order valence-corrected chi connectivity index (χ4v) is 0.927. The minimum atomic E-state index is 1.10. The van der Waals surface area contributed by atoms with Gasteiger partial charge in [0.1, 0.15) is 0 Å². The third kappa shape index (κ3) is 9.22. The predicted octanol–water partition coefficient (Wildman–Crippen LogP) is 4.26. The molecule has 0 aliphatic heterocycles. The highest BCUT2D eigenvalue weighted by Gasteiger charge is 1.76. The Morgan fingerprint density at radius 3 is 1.83 bits per heavy atom. The molecule has 0 nitrogen and oxygen atoms in total. The molecular formula is C12H20. The average Bonchev–Trinajstić information content (AvgIpc) is 2.10. The van der Waals surface area contributed by atoms with E-state index in [9.17, 15) is 0 Å². The van der Waals surface area contributed by atoms with Gasteiger partial charge in [-0.15, -0.1) is 6.58 Å². The van der Waals surface area contributed by atoms with Crippen molar-refractivity contribution in [1.82, 2.24) is 0 Å². The van der Waals surface area contributed by atoms with E-state index in [1.54, 1.807) is 0 Å². The van der Waals surface area contributed by atoms with Crippen molar-refractivity contribution in [2.24, 2.45) is 0 Å². The summed E-state index contributed by atoms with van der Waals surface area (Å²) in [4.78, 5) is 0. The Morgan fingerprint density at radius 2 is 1.33 bits per heavy atom. The quantitative estimate of drug-likeness (QED) is 0.389. The molecular weight excluding hydrogens is 144 g/mol. The Morgan fingerprint density at radius 1 is 0.833 bits per heavy atom. The van der Waals surface area contributed by atoms with Gasteiger partial charge in [0.15, 0.2) is 0 Å². The number of allylic oxidation sites excluding steroid dienone is 5. The van der Waals surface area contributed by atoms with Gasteiger partial charge in [0.05, 0.1) is 0 Å². The molecule has 0 saturated carbocycles. The summed E-state index contributed by atoms with van der Waals surface area (Å²) >= 11 is 0. The van der Waals surface area contributed by atoms with Crippen LogP contribution in [0.3, 0.4) is 0 Å². The van der Waals surface area contributed by atoms with Crippen LogP contribution in [0.15, 0.2) is 37.0 Å². The van der Waals surface area contributed by atoms with Crippen LogP contribution in [0.5, 0.6) is 0 Å². The fourth-order valence-electron chi connectivity index (χ4n) is 0.927. The Balaban J connectivity index is 3.12. The van der Waals surface area contributed by atoms with E-state index >= 15 is 0 Å². The molecule has 0 aliphatic rings. The van der Waals surface area contributed by atoms with Crippen LogP contribution in [0.4, 0.5) is 0 Å². The zero-order chi connectivity index (χ0) is 9.07. The maximum atomic E-state index is 3.67. The smallest absolute Gasteiger partial charge is 0.0316 e. The van der Waals surface area contributed by atoms with Crippen molar-refractivity contribution in [2.75, 3.05) is 0 Å². The van der Waals surface area contributed by atoms with E-state index in [1.807, 2.05) is 6.08 Å². The van der Waals surface area contributed by atoms with Crippen molar-refractivity contribution in [2.45, 2.75) is 39.0 Å². The lowest BCUT2D eigenvalue weighted by molar-refractivity contribution is 1.000. The zero-order valence-corrected chi connectivity index (χ0v) is 8.13. The van der Waals surface area contributed by atoms with E-state index in [-0.39, 0.29) is 0 Å². The monoisotopic (exact) mass is 164 g/mol. The maximum absolute atomic E-state index is 3.67. The lowest BCUT2D eigenvalue weighted by atomic mass is 10.2. The minimum Gasteiger partial charge on any atom is -0.103 e. The summed E-state index contributed by atoms with van der Waals surface area (Å²) < 4.78 is 0. The van der Waals surface area contributed by atoms with E-state index < -0.39 is 0 Å². The summed E-state index contributed by atoms with van der Waals surface area (Å²) in [5, 5.41) is 0. The highest BCUT2D eigenvalue weighted by molar-refractivity contribution is 4.88. The molecule has 0 saturated heterocycles. The summed E-state index contributed by atoms with van der Waals surface area (Å²) in [5.74, 6) is 0. The molecule has 0 aromatic carbocycles. The first-order chi connectivity index (χ1) is 5.91. The second-order valence-corrected chi connectivity index (χ2v) is 2.79. The number of hydrogen-bond donors (Lipinski definition) is 0. The molecule has 0 N–H and O–H groups in total. The van der Waals surface area contributed by atoms with Gasteiger partial charge in [0, 0.05) is 0 Å². The highest BCUT2D eigenvalue weighted by atomic mass is 13.8. The predicted molar refractivity (Wildman–Crippen MR) is 57.2 cm³/mol. The van der Waals surface area contributed by atoms with Gasteiger partial charge in [-0.25, -0.2) is 0 Å². The Bertz CT molecular complexity index is 140. The van der Waals surface area contributed by atoms with Crippen LogP contribution < -0.4 is 0 Å².